The second kappa shape index (κ2) is 7.20. The minimum absolute atomic E-state index is 0.359. The summed E-state index contributed by atoms with van der Waals surface area (Å²) in [6.45, 7) is 1.71. The van der Waals surface area contributed by atoms with E-state index in [2.05, 4.69) is 0 Å². The van der Waals surface area contributed by atoms with Gasteiger partial charge in [-0.25, -0.2) is 0 Å². The average molecular weight is 206 g/mol. The lowest BCUT2D eigenvalue weighted by Crippen LogP contribution is -2.33. The Bertz CT molecular complexity index is 155. The third kappa shape index (κ3) is 8.11. The lowest BCUT2D eigenvalue weighted by Gasteiger charge is -2.19. The fourth-order valence-electron chi connectivity index (χ4n) is 0.997. The predicted octanol–water partition coefficient (Wildman–Crippen LogP) is -0.398. The van der Waals surface area contributed by atoms with Crippen LogP contribution in [0.4, 0.5) is 0 Å². The van der Waals surface area contributed by atoms with Crippen molar-refractivity contribution in [1.29, 1.82) is 0 Å². The van der Waals surface area contributed by atoms with Crippen LogP contribution in [0, 0.1) is 0 Å². The molecule has 0 aromatic heterocycles. The summed E-state index contributed by atoms with van der Waals surface area (Å²) in [7, 11) is 3.48. The second-order valence-corrected chi connectivity index (χ2v) is 3.61. The minimum Gasteiger partial charge on any atom is -0.393 e. The molecule has 5 heteroatoms. The number of hydrogen-bond acceptors (Lipinski definition) is 4. The molecule has 0 saturated carbocycles. The number of ether oxygens (including phenoxy) is 1. The Morgan fingerprint density at radius 1 is 1.69 bits per heavy atom. The number of likely N-dealkylation sites (N-methyl/N-ethyl adjacent to an activating group) is 1. The molecule has 0 saturated heterocycles. The summed E-state index contributed by atoms with van der Waals surface area (Å²) in [5.41, 5.74) is 5.35. The van der Waals surface area contributed by atoms with Crippen molar-refractivity contribution in [2.45, 2.75) is 12.5 Å². The average Bonchev–Trinajstić information content (AvgIpc) is 2.01. The molecule has 0 rings (SSSR count). The van der Waals surface area contributed by atoms with Crippen molar-refractivity contribution in [2.24, 2.45) is 5.73 Å². The smallest absolute Gasteiger partial charge is 0.0899 e. The molecule has 0 bridgehead atoms. The number of aliphatic hydroxyl groups excluding tert-OH is 1. The van der Waals surface area contributed by atoms with Crippen molar-refractivity contribution in [1.82, 2.24) is 4.90 Å². The van der Waals surface area contributed by atoms with E-state index in [1.165, 1.54) is 0 Å². The van der Waals surface area contributed by atoms with E-state index in [9.17, 15) is 5.11 Å². The Labute approximate surface area is 84.7 Å². The van der Waals surface area contributed by atoms with Crippen LogP contribution in [0.5, 0.6) is 0 Å². The van der Waals surface area contributed by atoms with Crippen LogP contribution >= 0.6 is 12.2 Å². The summed E-state index contributed by atoms with van der Waals surface area (Å²) in [6, 6.07) is 0. The van der Waals surface area contributed by atoms with Crippen LogP contribution in [0.1, 0.15) is 6.42 Å². The SMILES string of the molecule is COCC(O)CN(C)CCC(N)=S. The molecule has 3 N–H and O–H groups in total. The largest absolute Gasteiger partial charge is 0.393 e. The van der Waals surface area contributed by atoms with Crippen molar-refractivity contribution in [3.05, 3.63) is 0 Å². The molecule has 0 heterocycles. The molecular weight excluding hydrogens is 188 g/mol. The lowest BCUT2D eigenvalue weighted by molar-refractivity contribution is 0.0438. The van der Waals surface area contributed by atoms with Gasteiger partial charge in [-0.1, -0.05) is 12.2 Å². The van der Waals surface area contributed by atoms with E-state index in [0.29, 0.717) is 24.6 Å². The monoisotopic (exact) mass is 206 g/mol. The van der Waals surface area contributed by atoms with Gasteiger partial charge in [0.2, 0.25) is 0 Å². The molecule has 0 fully saturated rings. The van der Waals surface area contributed by atoms with E-state index in [4.69, 9.17) is 22.7 Å². The van der Waals surface area contributed by atoms with Gasteiger partial charge >= 0.3 is 0 Å². The fraction of sp³-hybridized carbons (Fsp3) is 0.875. The van der Waals surface area contributed by atoms with Gasteiger partial charge in [0.25, 0.3) is 0 Å². The third-order valence-corrected chi connectivity index (χ3v) is 1.83. The van der Waals surface area contributed by atoms with Crippen LogP contribution in [-0.4, -0.2) is 55.0 Å². The molecule has 0 aromatic rings. The van der Waals surface area contributed by atoms with Crippen molar-refractivity contribution < 1.29 is 9.84 Å². The zero-order valence-corrected chi connectivity index (χ0v) is 9.01. The van der Waals surface area contributed by atoms with E-state index in [1.807, 2.05) is 11.9 Å². The lowest BCUT2D eigenvalue weighted by atomic mass is 10.3. The molecular formula is C8H18N2O2S. The normalized spacial score (nSPS) is 13.2. The fourth-order valence-corrected chi connectivity index (χ4v) is 1.09. The Morgan fingerprint density at radius 3 is 2.77 bits per heavy atom. The number of rotatable bonds is 7. The van der Waals surface area contributed by atoms with Crippen LogP contribution in [0.3, 0.4) is 0 Å². The van der Waals surface area contributed by atoms with E-state index in [0.717, 1.165) is 6.54 Å². The topological polar surface area (TPSA) is 58.7 Å². The van der Waals surface area contributed by atoms with Crippen molar-refractivity contribution in [2.75, 3.05) is 33.9 Å². The maximum Gasteiger partial charge on any atom is 0.0899 e. The summed E-state index contributed by atoms with van der Waals surface area (Å²) in [6.07, 6.45) is 0.243. The number of methoxy groups -OCH3 is 1. The van der Waals surface area contributed by atoms with Gasteiger partial charge in [-0.3, -0.25) is 0 Å². The molecule has 0 radical (unpaired) electrons. The Balaban J connectivity index is 3.48. The highest BCUT2D eigenvalue weighted by Crippen LogP contribution is 1.92. The summed E-state index contributed by atoms with van der Waals surface area (Å²) in [5.74, 6) is 0. The highest BCUT2D eigenvalue weighted by Gasteiger charge is 2.07. The molecule has 1 unspecified atom stereocenters. The second-order valence-electron chi connectivity index (χ2n) is 3.09. The first-order chi connectivity index (χ1) is 6.06. The molecule has 0 aromatic carbocycles. The molecule has 4 nitrogen and oxygen atoms in total. The number of thiocarbonyl (C=S) groups is 1. The van der Waals surface area contributed by atoms with Crippen LogP contribution < -0.4 is 5.73 Å². The molecule has 0 aliphatic carbocycles. The first kappa shape index (κ1) is 12.8. The van der Waals surface area contributed by atoms with Crippen LogP contribution in [0.2, 0.25) is 0 Å². The van der Waals surface area contributed by atoms with Gasteiger partial charge in [-0.2, -0.15) is 0 Å². The molecule has 13 heavy (non-hydrogen) atoms. The summed E-state index contributed by atoms with van der Waals surface area (Å²) < 4.78 is 4.80. The van der Waals surface area contributed by atoms with Gasteiger partial charge in [0.15, 0.2) is 0 Å². The van der Waals surface area contributed by atoms with Crippen LogP contribution in [-0.2, 0) is 4.74 Å². The van der Waals surface area contributed by atoms with E-state index in [-0.39, 0.29) is 0 Å². The molecule has 0 aliphatic rings. The Hall–Kier alpha value is -0.230. The highest BCUT2D eigenvalue weighted by atomic mass is 32.1. The number of nitrogens with zero attached hydrogens (tertiary/aromatic N) is 1. The highest BCUT2D eigenvalue weighted by molar-refractivity contribution is 7.80. The van der Waals surface area contributed by atoms with Gasteiger partial charge in [-0.15, -0.1) is 0 Å². The molecule has 1 atom stereocenters. The van der Waals surface area contributed by atoms with Gasteiger partial charge < -0.3 is 20.5 Å². The van der Waals surface area contributed by atoms with Crippen molar-refractivity contribution in [3.63, 3.8) is 0 Å². The standard InChI is InChI=1S/C8H18N2O2S/c1-10(4-3-8(9)13)5-7(11)6-12-2/h7,11H,3-6H2,1-2H3,(H2,9,13). The van der Waals surface area contributed by atoms with Crippen molar-refractivity contribution >= 4 is 17.2 Å². The first-order valence-corrected chi connectivity index (χ1v) is 4.61. The Kier molecular flexibility index (Phi) is 7.07. The molecule has 0 spiro atoms. The predicted molar refractivity (Wildman–Crippen MR) is 56.8 cm³/mol. The van der Waals surface area contributed by atoms with Crippen LogP contribution in [0.15, 0.2) is 0 Å². The van der Waals surface area contributed by atoms with Gasteiger partial charge in [0.05, 0.1) is 17.7 Å². The number of nitrogens with two attached hydrogens (primary N) is 1. The van der Waals surface area contributed by atoms with Crippen molar-refractivity contribution in [3.8, 4) is 0 Å². The molecule has 0 aliphatic heterocycles. The van der Waals surface area contributed by atoms with E-state index in [1.54, 1.807) is 7.11 Å². The summed E-state index contributed by atoms with van der Waals surface area (Å²) in [4.78, 5) is 2.48. The maximum atomic E-state index is 9.35. The summed E-state index contributed by atoms with van der Waals surface area (Å²) in [5, 5.41) is 9.35. The summed E-state index contributed by atoms with van der Waals surface area (Å²) >= 11 is 4.74. The number of aliphatic hydroxyl groups is 1. The van der Waals surface area contributed by atoms with Gasteiger partial charge in [0.1, 0.15) is 0 Å². The zero-order valence-electron chi connectivity index (χ0n) is 8.19. The number of hydrogen-bond donors (Lipinski definition) is 2. The van der Waals surface area contributed by atoms with E-state index >= 15 is 0 Å². The molecule has 0 amide bonds. The van der Waals surface area contributed by atoms with Crippen LogP contribution in [0.25, 0.3) is 0 Å². The van der Waals surface area contributed by atoms with Gasteiger partial charge in [0, 0.05) is 26.6 Å². The Morgan fingerprint density at radius 2 is 2.31 bits per heavy atom. The third-order valence-electron chi connectivity index (χ3n) is 1.62. The first-order valence-electron chi connectivity index (χ1n) is 4.20. The van der Waals surface area contributed by atoms with Gasteiger partial charge in [-0.05, 0) is 7.05 Å². The maximum absolute atomic E-state index is 9.35. The quantitative estimate of drug-likeness (QED) is 0.555. The molecule has 78 valence electrons. The zero-order chi connectivity index (χ0) is 10.3. The van der Waals surface area contributed by atoms with E-state index < -0.39 is 6.10 Å². The minimum atomic E-state index is -0.443.